The van der Waals surface area contributed by atoms with Crippen LogP contribution in [0.3, 0.4) is 0 Å². The standard InChI is InChI=1S/C22H17F7O5S/c1-32-20-16(23)17(34-19(31)12-4-8-14(9-5-12)22(27,28)29)15(35-20)10-33-18(30)11-2-6-13(7-3-11)21(24,25)26/h2-9,15-17,20H,10H2,1H3/t15-,16+,17-,20?/m1/s1. The van der Waals surface area contributed by atoms with Crippen molar-refractivity contribution in [3.8, 4) is 0 Å². The van der Waals surface area contributed by atoms with Crippen molar-refractivity contribution in [2.24, 2.45) is 0 Å². The third-order valence-electron chi connectivity index (χ3n) is 5.00. The highest BCUT2D eigenvalue weighted by Crippen LogP contribution is 2.39. The summed E-state index contributed by atoms with van der Waals surface area (Å²) >= 11 is 0.864. The summed E-state index contributed by atoms with van der Waals surface area (Å²) in [5, 5.41) is -0.952. The minimum absolute atomic E-state index is 0.181. The second-order valence-corrected chi connectivity index (χ2v) is 8.68. The molecule has 190 valence electrons. The van der Waals surface area contributed by atoms with Crippen molar-refractivity contribution in [1.29, 1.82) is 0 Å². The maximum absolute atomic E-state index is 14.8. The van der Waals surface area contributed by atoms with Crippen LogP contribution >= 0.6 is 11.8 Å². The average Bonchev–Trinajstić information content (AvgIpc) is 3.10. The lowest BCUT2D eigenvalue weighted by Crippen LogP contribution is -2.37. The van der Waals surface area contributed by atoms with Crippen LogP contribution in [-0.4, -0.2) is 48.6 Å². The zero-order chi connectivity index (χ0) is 26.0. The lowest BCUT2D eigenvalue weighted by molar-refractivity contribution is -0.138. The molecule has 2 aromatic rings. The number of alkyl halides is 7. The number of halogens is 7. The SMILES string of the molecule is COC1S[C@H](COC(=O)c2ccc(C(F)(F)F)cc2)[C@@H](OC(=O)c2ccc(C(F)(F)F)cc2)[C@@H]1F. The maximum atomic E-state index is 14.8. The van der Waals surface area contributed by atoms with Gasteiger partial charge in [-0.1, -0.05) is 0 Å². The highest BCUT2D eigenvalue weighted by Gasteiger charge is 2.48. The fourth-order valence-electron chi connectivity index (χ4n) is 3.17. The van der Waals surface area contributed by atoms with E-state index in [1.54, 1.807) is 0 Å². The molecule has 0 bridgehead atoms. The molecule has 1 fully saturated rings. The van der Waals surface area contributed by atoms with E-state index < -0.39 is 65.0 Å². The molecule has 1 heterocycles. The molecule has 0 radical (unpaired) electrons. The van der Waals surface area contributed by atoms with Crippen LogP contribution in [0.5, 0.6) is 0 Å². The number of thioether (sulfide) groups is 1. The number of carbonyl (C=O) groups excluding carboxylic acids is 2. The first kappa shape index (κ1) is 26.8. The van der Waals surface area contributed by atoms with Gasteiger partial charge in [0.05, 0.1) is 27.5 Å². The summed E-state index contributed by atoms with van der Waals surface area (Å²) in [6.45, 7) is -0.476. The summed E-state index contributed by atoms with van der Waals surface area (Å²) in [7, 11) is 1.20. The number of ether oxygens (including phenoxy) is 3. The Hall–Kier alpha value is -2.80. The lowest BCUT2D eigenvalue weighted by Gasteiger charge is -2.20. The van der Waals surface area contributed by atoms with E-state index in [-0.39, 0.29) is 11.1 Å². The lowest BCUT2D eigenvalue weighted by atomic mass is 10.1. The second kappa shape index (κ2) is 10.4. The minimum Gasteiger partial charge on any atom is -0.461 e. The summed E-state index contributed by atoms with van der Waals surface area (Å²) in [6, 6.07) is 6.36. The van der Waals surface area contributed by atoms with Crippen LogP contribution in [0.4, 0.5) is 30.7 Å². The van der Waals surface area contributed by atoms with Crippen molar-refractivity contribution in [3.63, 3.8) is 0 Å². The van der Waals surface area contributed by atoms with E-state index in [4.69, 9.17) is 14.2 Å². The normalized spacial score (nSPS) is 22.6. The molecule has 13 heteroatoms. The van der Waals surface area contributed by atoms with Crippen LogP contribution in [0.2, 0.25) is 0 Å². The molecule has 1 unspecified atom stereocenters. The number of hydrogen-bond donors (Lipinski definition) is 0. The predicted molar refractivity (Wildman–Crippen MR) is 109 cm³/mol. The molecule has 0 aromatic heterocycles. The molecule has 2 aromatic carbocycles. The smallest absolute Gasteiger partial charge is 0.416 e. The number of esters is 2. The number of rotatable bonds is 6. The second-order valence-electron chi connectivity index (χ2n) is 7.34. The molecule has 1 saturated heterocycles. The molecule has 0 spiro atoms. The Morgan fingerprint density at radius 1 is 0.829 bits per heavy atom. The molecular formula is C22H17F7O5S. The van der Waals surface area contributed by atoms with Gasteiger partial charge in [0.15, 0.2) is 12.3 Å². The van der Waals surface area contributed by atoms with Gasteiger partial charge in [-0.25, -0.2) is 14.0 Å². The van der Waals surface area contributed by atoms with Crippen LogP contribution in [0.1, 0.15) is 31.8 Å². The van der Waals surface area contributed by atoms with Gasteiger partial charge >= 0.3 is 24.3 Å². The van der Waals surface area contributed by atoms with E-state index in [1.165, 1.54) is 7.11 Å². The van der Waals surface area contributed by atoms with Gasteiger partial charge in [0.1, 0.15) is 12.0 Å². The minimum atomic E-state index is -4.61. The monoisotopic (exact) mass is 526 g/mol. The van der Waals surface area contributed by atoms with Gasteiger partial charge in [-0.2, -0.15) is 26.3 Å². The third-order valence-corrected chi connectivity index (χ3v) is 6.47. The van der Waals surface area contributed by atoms with Crippen LogP contribution in [0.25, 0.3) is 0 Å². The predicted octanol–water partition coefficient (Wildman–Crippen LogP) is 5.53. The first-order valence-corrected chi connectivity index (χ1v) is 10.8. The molecule has 1 aliphatic rings. The summed E-state index contributed by atoms with van der Waals surface area (Å²) in [5.41, 5.74) is -3.47. The Bertz CT molecular complexity index is 1040. The van der Waals surface area contributed by atoms with Gasteiger partial charge in [-0.15, -0.1) is 11.8 Å². The Balaban J connectivity index is 1.66. The summed E-state index contributed by atoms with van der Waals surface area (Å²) in [5.74, 6) is -2.08. The Morgan fingerprint density at radius 3 is 1.71 bits per heavy atom. The van der Waals surface area contributed by atoms with Gasteiger partial charge in [0.2, 0.25) is 0 Å². The van der Waals surface area contributed by atoms with Crippen LogP contribution < -0.4 is 0 Å². The van der Waals surface area contributed by atoms with Crippen molar-refractivity contribution in [2.75, 3.05) is 13.7 Å². The van der Waals surface area contributed by atoms with Gasteiger partial charge in [0.25, 0.3) is 0 Å². The first-order valence-electron chi connectivity index (χ1n) is 9.86. The largest absolute Gasteiger partial charge is 0.461 e. The van der Waals surface area contributed by atoms with Crippen molar-refractivity contribution in [3.05, 3.63) is 70.8 Å². The van der Waals surface area contributed by atoms with E-state index in [2.05, 4.69) is 0 Å². The van der Waals surface area contributed by atoms with E-state index in [0.29, 0.717) is 24.3 Å². The van der Waals surface area contributed by atoms with Crippen LogP contribution in [-0.2, 0) is 26.6 Å². The number of methoxy groups -OCH3 is 1. The summed E-state index contributed by atoms with van der Waals surface area (Å²) in [4.78, 5) is 24.6. The zero-order valence-electron chi connectivity index (χ0n) is 17.7. The first-order chi connectivity index (χ1) is 16.3. The third kappa shape index (κ3) is 6.45. The van der Waals surface area contributed by atoms with Crippen molar-refractivity contribution in [2.45, 2.75) is 35.3 Å². The summed E-state index contributed by atoms with van der Waals surface area (Å²) in [6.07, 6.45) is -12.5. The van der Waals surface area contributed by atoms with Crippen molar-refractivity contribution < 1.29 is 54.5 Å². The molecular weight excluding hydrogens is 509 g/mol. The van der Waals surface area contributed by atoms with Gasteiger partial charge in [-0.3, -0.25) is 0 Å². The fraction of sp³-hybridized carbons (Fsp3) is 0.364. The van der Waals surface area contributed by atoms with E-state index in [1.807, 2.05) is 0 Å². The zero-order valence-corrected chi connectivity index (χ0v) is 18.5. The van der Waals surface area contributed by atoms with E-state index in [9.17, 15) is 40.3 Å². The molecule has 0 amide bonds. The number of benzene rings is 2. The quantitative estimate of drug-likeness (QED) is 0.364. The molecule has 5 nitrogen and oxygen atoms in total. The van der Waals surface area contributed by atoms with E-state index in [0.717, 1.165) is 36.0 Å². The Labute approximate surface area is 198 Å². The molecule has 35 heavy (non-hydrogen) atoms. The van der Waals surface area contributed by atoms with E-state index >= 15 is 0 Å². The topological polar surface area (TPSA) is 61.8 Å². The molecule has 0 aliphatic carbocycles. The van der Waals surface area contributed by atoms with Gasteiger partial charge in [-0.05, 0) is 48.5 Å². The summed E-state index contributed by atoms with van der Waals surface area (Å²) < 4.78 is 106. The van der Waals surface area contributed by atoms with Crippen molar-refractivity contribution >= 4 is 23.7 Å². The molecule has 4 atom stereocenters. The van der Waals surface area contributed by atoms with Crippen molar-refractivity contribution in [1.82, 2.24) is 0 Å². The highest BCUT2D eigenvalue weighted by molar-refractivity contribution is 8.00. The average molecular weight is 526 g/mol. The Kier molecular flexibility index (Phi) is 8.00. The maximum Gasteiger partial charge on any atom is 0.416 e. The highest BCUT2D eigenvalue weighted by atomic mass is 32.2. The Morgan fingerprint density at radius 2 is 1.29 bits per heavy atom. The van der Waals surface area contributed by atoms with Crippen LogP contribution in [0, 0.1) is 0 Å². The number of hydrogen-bond acceptors (Lipinski definition) is 6. The molecule has 0 N–H and O–H groups in total. The molecule has 3 rings (SSSR count). The fourth-order valence-corrected chi connectivity index (χ4v) is 4.44. The molecule has 1 aliphatic heterocycles. The molecule has 0 saturated carbocycles. The van der Waals surface area contributed by atoms with Gasteiger partial charge in [0, 0.05) is 7.11 Å². The van der Waals surface area contributed by atoms with Gasteiger partial charge < -0.3 is 14.2 Å². The number of carbonyl (C=O) groups is 2. The van der Waals surface area contributed by atoms with Crippen LogP contribution in [0.15, 0.2) is 48.5 Å².